The molecule has 0 unspecified atom stereocenters. The van der Waals surface area contributed by atoms with E-state index in [9.17, 15) is 4.79 Å². The molecule has 0 saturated heterocycles. The summed E-state index contributed by atoms with van der Waals surface area (Å²) in [6.45, 7) is 5.37. The Bertz CT molecular complexity index is 556. The van der Waals surface area contributed by atoms with Gasteiger partial charge in [-0.1, -0.05) is 30.3 Å². The Morgan fingerprint density at radius 3 is 2.58 bits per heavy atom. The lowest BCUT2D eigenvalue weighted by atomic mass is 10.2. The first kappa shape index (κ1) is 13.1. The molecule has 2 rings (SSSR count). The molecule has 5 nitrogen and oxygen atoms in total. The molecule has 0 atom stereocenters. The molecule has 0 fully saturated rings. The molecule has 0 aliphatic rings. The molecular weight excluding hydrogens is 244 g/mol. The second kappa shape index (κ2) is 5.14. The maximum absolute atomic E-state index is 11.5. The number of rotatable bonds is 2. The fraction of sp³-hybridized carbons (Fsp3) is 0.286. The van der Waals surface area contributed by atoms with Gasteiger partial charge in [0.25, 0.3) is 0 Å². The van der Waals surface area contributed by atoms with E-state index in [4.69, 9.17) is 9.15 Å². The number of nitrogens with zero attached hydrogens (tertiary/aromatic N) is 1. The zero-order valence-corrected chi connectivity index (χ0v) is 11.1. The number of hydrogen-bond donors (Lipinski definition) is 1. The standard InChI is InChI=1S/C14H16N2O3/c1-14(2,3)19-13(17)16-12-15-9-11(18-12)10-7-5-4-6-8-10/h4-9H,1-3H3,(H,15,16,17). The van der Waals surface area contributed by atoms with Gasteiger partial charge in [-0.05, 0) is 20.8 Å². The summed E-state index contributed by atoms with van der Waals surface area (Å²) in [6.07, 6.45) is 0.969. The molecule has 19 heavy (non-hydrogen) atoms. The molecule has 5 heteroatoms. The van der Waals surface area contributed by atoms with Crippen LogP contribution in [0.3, 0.4) is 0 Å². The minimum atomic E-state index is -0.589. The summed E-state index contributed by atoms with van der Waals surface area (Å²) in [6, 6.07) is 9.64. The lowest BCUT2D eigenvalue weighted by Crippen LogP contribution is -2.27. The predicted octanol–water partition coefficient (Wildman–Crippen LogP) is 3.69. The minimum Gasteiger partial charge on any atom is -0.443 e. The van der Waals surface area contributed by atoms with Gasteiger partial charge >= 0.3 is 12.1 Å². The Labute approximate surface area is 111 Å². The summed E-state index contributed by atoms with van der Waals surface area (Å²) in [5.74, 6) is 0.589. The molecule has 1 aromatic carbocycles. The molecule has 1 aromatic heterocycles. The number of nitrogens with one attached hydrogen (secondary N) is 1. The van der Waals surface area contributed by atoms with E-state index in [2.05, 4.69) is 10.3 Å². The number of amides is 1. The van der Waals surface area contributed by atoms with Gasteiger partial charge in [0.15, 0.2) is 5.76 Å². The molecule has 100 valence electrons. The Morgan fingerprint density at radius 2 is 1.95 bits per heavy atom. The Morgan fingerprint density at radius 1 is 1.26 bits per heavy atom. The molecule has 0 aliphatic heterocycles. The summed E-state index contributed by atoms with van der Waals surface area (Å²) in [5, 5.41) is 2.45. The second-order valence-electron chi connectivity index (χ2n) is 5.02. The Balaban J connectivity index is 2.04. The number of aromatic nitrogens is 1. The summed E-state index contributed by atoms with van der Waals surface area (Å²) in [7, 11) is 0. The maximum Gasteiger partial charge on any atom is 0.415 e. The van der Waals surface area contributed by atoms with Crippen LogP contribution in [0, 0.1) is 0 Å². The van der Waals surface area contributed by atoms with Gasteiger partial charge in [0, 0.05) is 5.56 Å². The van der Waals surface area contributed by atoms with E-state index in [1.165, 1.54) is 0 Å². The van der Waals surface area contributed by atoms with Crippen LogP contribution in [0.1, 0.15) is 20.8 Å². The average molecular weight is 260 g/mol. The largest absolute Gasteiger partial charge is 0.443 e. The molecule has 0 bridgehead atoms. The number of carbonyl (C=O) groups is 1. The molecule has 0 aliphatic carbocycles. The number of oxazole rings is 1. The van der Waals surface area contributed by atoms with E-state index in [-0.39, 0.29) is 6.01 Å². The Hall–Kier alpha value is -2.30. The lowest BCUT2D eigenvalue weighted by Gasteiger charge is -2.18. The van der Waals surface area contributed by atoms with Gasteiger partial charge in [-0.15, -0.1) is 0 Å². The van der Waals surface area contributed by atoms with E-state index in [1.54, 1.807) is 27.0 Å². The first-order valence-electron chi connectivity index (χ1n) is 5.95. The van der Waals surface area contributed by atoms with Gasteiger partial charge in [-0.25, -0.2) is 15.1 Å². The van der Waals surface area contributed by atoms with Crippen molar-refractivity contribution in [3.05, 3.63) is 36.5 Å². The molecule has 1 N–H and O–H groups in total. The number of hydrogen-bond acceptors (Lipinski definition) is 4. The average Bonchev–Trinajstić information content (AvgIpc) is 2.76. The number of carbonyl (C=O) groups excluding carboxylic acids is 1. The fourth-order valence-corrected chi connectivity index (χ4v) is 1.46. The summed E-state index contributed by atoms with van der Waals surface area (Å²) in [5.41, 5.74) is 0.339. The van der Waals surface area contributed by atoms with Crippen molar-refractivity contribution in [2.45, 2.75) is 26.4 Å². The van der Waals surface area contributed by atoms with Gasteiger partial charge in [0.05, 0.1) is 6.20 Å². The van der Waals surface area contributed by atoms with Gasteiger partial charge in [0.2, 0.25) is 0 Å². The summed E-state index contributed by atoms with van der Waals surface area (Å²) >= 11 is 0. The van der Waals surface area contributed by atoms with Crippen LogP contribution >= 0.6 is 0 Å². The van der Waals surface area contributed by atoms with E-state index in [0.29, 0.717) is 5.76 Å². The van der Waals surface area contributed by atoms with Crippen LogP contribution < -0.4 is 5.32 Å². The lowest BCUT2D eigenvalue weighted by molar-refractivity contribution is 0.0632. The van der Waals surface area contributed by atoms with E-state index >= 15 is 0 Å². The van der Waals surface area contributed by atoms with Crippen LogP contribution in [0.4, 0.5) is 10.8 Å². The first-order valence-corrected chi connectivity index (χ1v) is 5.95. The highest BCUT2D eigenvalue weighted by Crippen LogP contribution is 2.22. The number of benzene rings is 1. The van der Waals surface area contributed by atoms with Crippen LogP contribution in [0.2, 0.25) is 0 Å². The van der Waals surface area contributed by atoms with Crippen molar-refractivity contribution in [3.63, 3.8) is 0 Å². The zero-order valence-electron chi connectivity index (χ0n) is 11.1. The minimum absolute atomic E-state index is 0.119. The molecule has 0 radical (unpaired) electrons. The molecule has 0 saturated carbocycles. The predicted molar refractivity (Wildman–Crippen MR) is 71.8 cm³/mol. The Kier molecular flexibility index (Phi) is 3.55. The monoisotopic (exact) mass is 260 g/mol. The first-order chi connectivity index (χ1) is 8.94. The SMILES string of the molecule is CC(C)(C)OC(=O)Nc1ncc(-c2ccccc2)o1. The molecular formula is C14H16N2O3. The third-order valence-corrected chi connectivity index (χ3v) is 2.17. The molecule has 0 spiro atoms. The summed E-state index contributed by atoms with van der Waals surface area (Å²) in [4.78, 5) is 15.5. The van der Waals surface area contributed by atoms with Crippen LogP contribution in [0.5, 0.6) is 0 Å². The maximum atomic E-state index is 11.5. The van der Waals surface area contributed by atoms with Crippen LogP contribution in [0.25, 0.3) is 11.3 Å². The van der Waals surface area contributed by atoms with Crippen molar-refractivity contribution in [1.82, 2.24) is 4.98 Å². The van der Waals surface area contributed by atoms with Crippen molar-refractivity contribution in [1.29, 1.82) is 0 Å². The number of ether oxygens (including phenoxy) is 1. The quantitative estimate of drug-likeness (QED) is 0.894. The molecule has 1 amide bonds. The van der Waals surface area contributed by atoms with Crippen LogP contribution in [-0.2, 0) is 4.74 Å². The van der Waals surface area contributed by atoms with Gasteiger partial charge < -0.3 is 9.15 Å². The summed E-state index contributed by atoms with van der Waals surface area (Å²) < 4.78 is 10.5. The van der Waals surface area contributed by atoms with E-state index in [1.807, 2.05) is 30.3 Å². The van der Waals surface area contributed by atoms with Crippen molar-refractivity contribution in [2.24, 2.45) is 0 Å². The highest BCUT2D eigenvalue weighted by molar-refractivity contribution is 5.82. The van der Waals surface area contributed by atoms with Crippen LogP contribution in [0.15, 0.2) is 40.9 Å². The van der Waals surface area contributed by atoms with E-state index < -0.39 is 11.7 Å². The van der Waals surface area contributed by atoms with Crippen molar-refractivity contribution in [2.75, 3.05) is 5.32 Å². The smallest absolute Gasteiger partial charge is 0.415 e. The van der Waals surface area contributed by atoms with Gasteiger partial charge in [-0.3, -0.25) is 0 Å². The topological polar surface area (TPSA) is 64.4 Å². The third-order valence-electron chi connectivity index (χ3n) is 2.17. The highest BCUT2D eigenvalue weighted by atomic mass is 16.6. The number of anilines is 1. The van der Waals surface area contributed by atoms with E-state index in [0.717, 1.165) is 5.56 Å². The molecule has 1 heterocycles. The van der Waals surface area contributed by atoms with Crippen molar-refractivity contribution < 1.29 is 13.9 Å². The second-order valence-corrected chi connectivity index (χ2v) is 5.02. The third kappa shape index (κ3) is 3.84. The fourth-order valence-electron chi connectivity index (χ4n) is 1.46. The van der Waals surface area contributed by atoms with Crippen molar-refractivity contribution in [3.8, 4) is 11.3 Å². The van der Waals surface area contributed by atoms with Gasteiger partial charge in [0.1, 0.15) is 5.60 Å². The molecule has 2 aromatic rings. The van der Waals surface area contributed by atoms with Crippen LogP contribution in [-0.4, -0.2) is 16.7 Å². The van der Waals surface area contributed by atoms with Crippen molar-refractivity contribution >= 4 is 12.1 Å². The normalized spacial score (nSPS) is 11.1. The zero-order chi connectivity index (χ0) is 13.9. The van der Waals surface area contributed by atoms with Gasteiger partial charge in [-0.2, -0.15) is 0 Å². The highest BCUT2D eigenvalue weighted by Gasteiger charge is 2.18.